The Balaban J connectivity index is 1.66. The van der Waals surface area contributed by atoms with Crippen LogP contribution in [0, 0.1) is 11.8 Å². The van der Waals surface area contributed by atoms with Gasteiger partial charge >= 0.3 is 0 Å². The van der Waals surface area contributed by atoms with Crippen molar-refractivity contribution in [3.05, 3.63) is 0 Å². The Bertz CT molecular complexity index is 180. The Hall–Kier alpha value is -0.120. The minimum Gasteiger partial charge on any atom is -0.379 e. The van der Waals surface area contributed by atoms with Gasteiger partial charge in [-0.3, -0.25) is 4.90 Å². The first-order valence-corrected chi connectivity index (χ1v) is 5.73. The fourth-order valence-electron chi connectivity index (χ4n) is 2.59. The number of methoxy groups -OCH3 is 1. The van der Waals surface area contributed by atoms with Crippen LogP contribution in [0.2, 0.25) is 0 Å². The third-order valence-electron chi connectivity index (χ3n) is 3.43. The summed E-state index contributed by atoms with van der Waals surface area (Å²) in [4.78, 5) is 2.51. The molecule has 0 aromatic rings. The minimum atomic E-state index is 0.504. The van der Waals surface area contributed by atoms with Crippen LogP contribution in [0.4, 0.5) is 0 Å². The van der Waals surface area contributed by atoms with Crippen molar-refractivity contribution in [1.82, 2.24) is 10.2 Å². The zero-order valence-corrected chi connectivity index (χ0v) is 9.33. The van der Waals surface area contributed by atoms with Crippen molar-refractivity contribution < 1.29 is 4.74 Å². The maximum absolute atomic E-state index is 5.27. The number of hydrogen-bond donors (Lipinski definition) is 1. The smallest absolute Gasteiger partial charge is 0.0824 e. The SMILES string of the molecule is COC1CN(CC2CNCC(C)C2)C1. The third-order valence-corrected chi connectivity index (χ3v) is 3.43. The fourth-order valence-corrected chi connectivity index (χ4v) is 2.59. The van der Waals surface area contributed by atoms with Gasteiger partial charge in [0.2, 0.25) is 0 Å². The van der Waals surface area contributed by atoms with Crippen molar-refractivity contribution in [1.29, 1.82) is 0 Å². The molecule has 2 fully saturated rings. The molecule has 3 nitrogen and oxygen atoms in total. The van der Waals surface area contributed by atoms with E-state index in [4.69, 9.17) is 4.74 Å². The Kier molecular flexibility index (Phi) is 3.42. The highest BCUT2D eigenvalue weighted by Crippen LogP contribution is 2.20. The van der Waals surface area contributed by atoms with Gasteiger partial charge in [0.15, 0.2) is 0 Å². The molecule has 0 bridgehead atoms. The zero-order valence-electron chi connectivity index (χ0n) is 9.33. The average molecular weight is 198 g/mol. The van der Waals surface area contributed by atoms with Gasteiger partial charge < -0.3 is 10.1 Å². The molecule has 0 aromatic heterocycles. The van der Waals surface area contributed by atoms with E-state index in [1.54, 1.807) is 0 Å². The van der Waals surface area contributed by atoms with E-state index in [1.807, 2.05) is 7.11 Å². The maximum atomic E-state index is 5.27. The van der Waals surface area contributed by atoms with E-state index in [2.05, 4.69) is 17.1 Å². The van der Waals surface area contributed by atoms with E-state index in [9.17, 15) is 0 Å². The predicted octanol–water partition coefficient (Wildman–Crippen LogP) is 0.563. The first kappa shape index (κ1) is 10.4. The van der Waals surface area contributed by atoms with E-state index < -0.39 is 0 Å². The molecule has 2 heterocycles. The lowest BCUT2D eigenvalue weighted by Gasteiger charge is -2.41. The highest BCUT2D eigenvalue weighted by atomic mass is 16.5. The van der Waals surface area contributed by atoms with Crippen molar-refractivity contribution >= 4 is 0 Å². The summed E-state index contributed by atoms with van der Waals surface area (Å²) in [5.74, 6) is 1.71. The van der Waals surface area contributed by atoms with Crippen LogP contribution < -0.4 is 5.32 Å². The first-order valence-electron chi connectivity index (χ1n) is 5.73. The average Bonchev–Trinajstić information content (AvgIpc) is 2.10. The minimum absolute atomic E-state index is 0.504. The highest BCUT2D eigenvalue weighted by Gasteiger charge is 2.29. The van der Waals surface area contributed by atoms with Gasteiger partial charge in [-0.1, -0.05) is 6.92 Å². The molecule has 2 aliphatic heterocycles. The van der Waals surface area contributed by atoms with Crippen molar-refractivity contribution in [3.8, 4) is 0 Å². The van der Waals surface area contributed by atoms with Gasteiger partial charge in [-0.05, 0) is 31.3 Å². The van der Waals surface area contributed by atoms with E-state index in [0.717, 1.165) is 24.9 Å². The molecule has 0 amide bonds. The molecule has 0 aromatic carbocycles. The lowest BCUT2D eigenvalue weighted by Crippen LogP contribution is -2.54. The molecular formula is C11H22N2O. The largest absolute Gasteiger partial charge is 0.379 e. The van der Waals surface area contributed by atoms with Crippen molar-refractivity contribution in [3.63, 3.8) is 0 Å². The highest BCUT2D eigenvalue weighted by molar-refractivity contribution is 4.84. The van der Waals surface area contributed by atoms with E-state index >= 15 is 0 Å². The van der Waals surface area contributed by atoms with Gasteiger partial charge in [-0.25, -0.2) is 0 Å². The molecule has 0 aliphatic carbocycles. The number of rotatable bonds is 3. The Morgan fingerprint density at radius 1 is 1.36 bits per heavy atom. The van der Waals surface area contributed by atoms with Gasteiger partial charge in [0.1, 0.15) is 0 Å². The Morgan fingerprint density at radius 2 is 2.14 bits per heavy atom. The van der Waals surface area contributed by atoms with Crippen LogP contribution in [0.15, 0.2) is 0 Å². The van der Waals surface area contributed by atoms with Crippen LogP contribution in [0.1, 0.15) is 13.3 Å². The molecule has 1 N–H and O–H groups in total. The second kappa shape index (κ2) is 4.60. The molecule has 2 unspecified atom stereocenters. The summed E-state index contributed by atoms with van der Waals surface area (Å²) < 4.78 is 5.27. The van der Waals surface area contributed by atoms with E-state index in [0.29, 0.717) is 6.10 Å². The first-order chi connectivity index (χ1) is 6.78. The van der Waals surface area contributed by atoms with Crippen LogP contribution >= 0.6 is 0 Å². The second-order valence-corrected chi connectivity index (χ2v) is 4.94. The topological polar surface area (TPSA) is 24.5 Å². The fraction of sp³-hybridized carbons (Fsp3) is 1.00. The van der Waals surface area contributed by atoms with Crippen molar-refractivity contribution in [2.75, 3.05) is 39.8 Å². The molecule has 3 heteroatoms. The van der Waals surface area contributed by atoms with Gasteiger partial charge in [0, 0.05) is 26.7 Å². The number of likely N-dealkylation sites (tertiary alicyclic amines) is 1. The summed E-state index contributed by atoms with van der Waals surface area (Å²) in [5, 5.41) is 3.51. The molecule has 82 valence electrons. The molecule has 2 rings (SSSR count). The Morgan fingerprint density at radius 3 is 2.79 bits per heavy atom. The summed E-state index contributed by atoms with van der Waals surface area (Å²) in [6.07, 6.45) is 1.89. The van der Waals surface area contributed by atoms with Crippen LogP contribution in [-0.2, 0) is 4.74 Å². The summed E-state index contributed by atoms with van der Waals surface area (Å²) in [7, 11) is 1.81. The van der Waals surface area contributed by atoms with Crippen molar-refractivity contribution in [2.24, 2.45) is 11.8 Å². The molecular weight excluding hydrogens is 176 g/mol. The summed E-state index contributed by atoms with van der Waals surface area (Å²) in [6.45, 7) is 8.29. The van der Waals surface area contributed by atoms with E-state index in [-0.39, 0.29) is 0 Å². The van der Waals surface area contributed by atoms with Crippen molar-refractivity contribution in [2.45, 2.75) is 19.4 Å². The standard InChI is InChI=1S/C11H22N2O/c1-9-3-10(5-12-4-9)6-13-7-11(8-13)14-2/h9-12H,3-8H2,1-2H3. The van der Waals surface area contributed by atoms with Crippen LogP contribution in [0.5, 0.6) is 0 Å². The summed E-state index contributed by atoms with van der Waals surface area (Å²) in [6, 6.07) is 0. The lowest BCUT2D eigenvalue weighted by atomic mass is 9.90. The van der Waals surface area contributed by atoms with Crippen LogP contribution in [-0.4, -0.2) is 50.8 Å². The van der Waals surface area contributed by atoms with Gasteiger partial charge in [-0.15, -0.1) is 0 Å². The molecule has 14 heavy (non-hydrogen) atoms. The molecule has 2 atom stereocenters. The predicted molar refractivity (Wildman–Crippen MR) is 57.4 cm³/mol. The number of hydrogen-bond acceptors (Lipinski definition) is 3. The van der Waals surface area contributed by atoms with E-state index in [1.165, 1.54) is 26.1 Å². The quantitative estimate of drug-likeness (QED) is 0.717. The summed E-state index contributed by atoms with van der Waals surface area (Å²) >= 11 is 0. The van der Waals surface area contributed by atoms with Gasteiger partial charge in [0.25, 0.3) is 0 Å². The number of nitrogens with one attached hydrogen (secondary N) is 1. The zero-order chi connectivity index (χ0) is 9.97. The molecule has 0 spiro atoms. The molecule has 0 saturated carbocycles. The third kappa shape index (κ3) is 2.47. The Labute approximate surface area is 86.8 Å². The second-order valence-electron chi connectivity index (χ2n) is 4.94. The monoisotopic (exact) mass is 198 g/mol. The van der Waals surface area contributed by atoms with Gasteiger partial charge in [0.05, 0.1) is 6.10 Å². The summed E-state index contributed by atoms with van der Waals surface area (Å²) in [5.41, 5.74) is 0. The van der Waals surface area contributed by atoms with Gasteiger partial charge in [-0.2, -0.15) is 0 Å². The molecule has 0 radical (unpaired) electrons. The van der Waals surface area contributed by atoms with Crippen LogP contribution in [0.25, 0.3) is 0 Å². The number of nitrogens with zero attached hydrogens (tertiary/aromatic N) is 1. The molecule has 2 aliphatic rings. The maximum Gasteiger partial charge on any atom is 0.0824 e. The normalized spacial score (nSPS) is 35.6. The van der Waals surface area contributed by atoms with Crippen LogP contribution in [0.3, 0.4) is 0 Å². The number of ether oxygens (including phenoxy) is 1. The lowest BCUT2D eigenvalue weighted by molar-refractivity contribution is -0.0379. The molecule has 2 saturated heterocycles. The number of piperidine rings is 1.